The summed E-state index contributed by atoms with van der Waals surface area (Å²) >= 11 is 0. The molecule has 7 heteroatoms. The van der Waals surface area contributed by atoms with Crippen LogP contribution in [0.3, 0.4) is 0 Å². The van der Waals surface area contributed by atoms with Gasteiger partial charge in [-0.05, 0) is 42.8 Å². The zero-order valence-electron chi connectivity index (χ0n) is 13.7. The molecule has 0 radical (unpaired) electrons. The minimum Gasteiger partial charge on any atom is -0.350 e. The van der Waals surface area contributed by atoms with E-state index >= 15 is 0 Å². The van der Waals surface area contributed by atoms with Crippen molar-refractivity contribution in [1.29, 1.82) is 0 Å². The van der Waals surface area contributed by atoms with E-state index in [9.17, 15) is 13.6 Å². The summed E-state index contributed by atoms with van der Waals surface area (Å²) in [4.78, 5) is 20.3. The van der Waals surface area contributed by atoms with Crippen LogP contribution in [0.1, 0.15) is 37.1 Å². The lowest BCUT2D eigenvalue weighted by atomic mass is 10.1. The number of rotatable bonds is 6. The van der Waals surface area contributed by atoms with Gasteiger partial charge in [0.2, 0.25) is 5.91 Å². The SMILES string of the molecule is C[C@@H](NC(=O)CCn1c(C(F)F)cc2cccnc21)c1ccncc1. The molecule has 0 bridgehead atoms. The molecule has 130 valence electrons. The van der Waals surface area contributed by atoms with Crippen molar-refractivity contribution < 1.29 is 13.6 Å². The van der Waals surface area contributed by atoms with Crippen LogP contribution in [-0.4, -0.2) is 20.4 Å². The monoisotopic (exact) mass is 344 g/mol. The topological polar surface area (TPSA) is 59.8 Å². The smallest absolute Gasteiger partial charge is 0.278 e. The predicted octanol–water partition coefficient (Wildman–Crippen LogP) is 3.64. The number of hydrogen-bond donors (Lipinski definition) is 1. The number of alkyl halides is 2. The average Bonchev–Trinajstić information content (AvgIpc) is 2.99. The van der Waals surface area contributed by atoms with Crippen LogP contribution in [0.5, 0.6) is 0 Å². The van der Waals surface area contributed by atoms with Crippen molar-refractivity contribution in [2.45, 2.75) is 32.4 Å². The molecule has 3 aromatic rings. The van der Waals surface area contributed by atoms with Crippen LogP contribution >= 0.6 is 0 Å². The molecule has 5 nitrogen and oxygen atoms in total. The van der Waals surface area contributed by atoms with E-state index in [1.807, 2.05) is 19.1 Å². The maximum absolute atomic E-state index is 13.3. The number of nitrogens with zero attached hydrogens (tertiary/aromatic N) is 3. The molecule has 0 aliphatic rings. The first-order valence-electron chi connectivity index (χ1n) is 7.98. The molecule has 0 aromatic carbocycles. The number of hydrogen-bond acceptors (Lipinski definition) is 3. The van der Waals surface area contributed by atoms with Crippen LogP contribution in [0.15, 0.2) is 48.9 Å². The molecule has 0 unspecified atom stereocenters. The Bertz CT molecular complexity index is 864. The highest BCUT2D eigenvalue weighted by molar-refractivity contribution is 5.79. The van der Waals surface area contributed by atoms with Crippen molar-refractivity contribution in [1.82, 2.24) is 19.9 Å². The maximum Gasteiger partial charge on any atom is 0.278 e. The Balaban J connectivity index is 1.70. The Morgan fingerprint density at radius 3 is 2.72 bits per heavy atom. The van der Waals surface area contributed by atoms with Gasteiger partial charge in [-0.1, -0.05) is 0 Å². The quantitative estimate of drug-likeness (QED) is 0.743. The molecule has 1 N–H and O–H groups in total. The molecule has 0 saturated heterocycles. The lowest BCUT2D eigenvalue weighted by Crippen LogP contribution is -2.27. The van der Waals surface area contributed by atoms with Gasteiger partial charge >= 0.3 is 0 Å². The van der Waals surface area contributed by atoms with Crippen molar-refractivity contribution in [3.63, 3.8) is 0 Å². The summed E-state index contributed by atoms with van der Waals surface area (Å²) in [5.74, 6) is -0.206. The van der Waals surface area contributed by atoms with E-state index in [1.165, 1.54) is 10.6 Å². The van der Waals surface area contributed by atoms with E-state index in [2.05, 4.69) is 15.3 Å². The molecular formula is C18H18F2N4O. The maximum atomic E-state index is 13.3. The van der Waals surface area contributed by atoms with E-state index in [0.717, 1.165) is 5.56 Å². The summed E-state index contributed by atoms with van der Waals surface area (Å²) in [7, 11) is 0. The minimum absolute atomic E-state index is 0.0928. The molecule has 3 rings (SSSR count). The number of halogens is 2. The number of amides is 1. The van der Waals surface area contributed by atoms with Gasteiger partial charge in [0.1, 0.15) is 5.65 Å². The third-order valence-corrected chi connectivity index (χ3v) is 4.06. The number of pyridine rings is 2. The lowest BCUT2D eigenvalue weighted by molar-refractivity contribution is -0.122. The van der Waals surface area contributed by atoms with Crippen molar-refractivity contribution in [3.8, 4) is 0 Å². The summed E-state index contributed by atoms with van der Waals surface area (Å²) in [5, 5.41) is 3.51. The minimum atomic E-state index is -2.62. The van der Waals surface area contributed by atoms with Gasteiger partial charge in [-0.15, -0.1) is 0 Å². The van der Waals surface area contributed by atoms with E-state index in [0.29, 0.717) is 11.0 Å². The van der Waals surface area contributed by atoms with E-state index in [4.69, 9.17) is 0 Å². The summed E-state index contributed by atoms with van der Waals surface area (Å²) in [6, 6.07) is 8.32. The Morgan fingerprint density at radius 2 is 2.00 bits per heavy atom. The Labute approximate surface area is 143 Å². The van der Waals surface area contributed by atoms with Crippen molar-refractivity contribution in [2.24, 2.45) is 0 Å². The number of aromatic nitrogens is 3. The number of fused-ring (bicyclic) bond motifs is 1. The van der Waals surface area contributed by atoms with E-state index < -0.39 is 6.43 Å². The fourth-order valence-electron chi connectivity index (χ4n) is 2.79. The van der Waals surface area contributed by atoms with Crippen LogP contribution < -0.4 is 5.32 Å². The third-order valence-electron chi connectivity index (χ3n) is 4.06. The van der Waals surface area contributed by atoms with Gasteiger partial charge in [0.15, 0.2) is 0 Å². The first-order valence-corrected chi connectivity index (χ1v) is 7.98. The molecule has 0 aliphatic heterocycles. The first kappa shape index (κ1) is 17.0. The van der Waals surface area contributed by atoms with Crippen LogP contribution in [0, 0.1) is 0 Å². The highest BCUT2D eigenvalue weighted by atomic mass is 19.3. The van der Waals surface area contributed by atoms with Crippen molar-refractivity contribution in [2.75, 3.05) is 0 Å². The van der Waals surface area contributed by atoms with Gasteiger partial charge in [0, 0.05) is 36.9 Å². The molecule has 3 aromatic heterocycles. The molecular weight excluding hydrogens is 326 g/mol. The van der Waals surface area contributed by atoms with Gasteiger partial charge in [-0.3, -0.25) is 9.78 Å². The second kappa shape index (κ2) is 7.38. The first-order chi connectivity index (χ1) is 12.1. The Kier molecular flexibility index (Phi) is 5.02. The molecule has 1 atom stereocenters. The zero-order chi connectivity index (χ0) is 17.8. The molecule has 0 saturated carbocycles. The average molecular weight is 344 g/mol. The number of nitrogens with one attached hydrogen (secondary N) is 1. The highest BCUT2D eigenvalue weighted by Crippen LogP contribution is 2.26. The van der Waals surface area contributed by atoms with E-state index in [1.54, 1.807) is 30.7 Å². The Morgan fingerprint density at radius 1 is 1.24 bits per heavy atom. The van der Waals surface area contributed by atoms with Gasteiger partial charge in [-0.2, -0.15) is 0 Å². The second-order valence-corrected chi connectivity index (χ2v) is 5.76. The summed E-state index contributed by atoms with van der Waals surface area (Å²) in [5.41, 5.74) is 1.28. The zero-order valence-corrected chi connectivity index (χ0v) is 13.7. The largest absolute Gasteiger partial charge is 0.350 e. The van der Waals surface area contributed by atoms with Crippen LogP contribution in [-0.2, 0) is 11.3 Å². The second-order valence-electron chi connectivity index (χ2n) is 5.76. The van der Waals surface area contributed by atoms with Gasteiger partial charge in [0.25, 0.3) is 6.43 Å². The van der Waals surface area contributed by atoms with Crippen LogP contribution in [0.25, 0.3) is 11.0 Å². The molecule has 25 heavy (non-hydrogen) atoms. The molecule has 0 spiro atoms. The lowest BCUT2D eigenvalue weighted by Gasteiger charge is -2.15. The molecule has 3 heterocycles. The fraction of sp³-hybridized carbons (Fsp3) is 0.278. The Hall–Kier alpha value is -2.83. The van der Waals surface area contributed by atoms with Crippen molar-refractivity contribution >= 4 is 16.9 Å². The number of carbonyl (C=O) groups is 1. The normalized spacial score (nSPS) is 12.5. The summed E-state index contributed by atoms with van der Waals surface area (Å²) in [6.45, 7) is 2.01. The predicted molar refractivity (Wildman–Crippen MR) is 90.1 cm³/mol. The third kappa shape index (κ3) is 3.81. The fourth-order valence-corrected chi connectivity index (χ4v) is 2.79. The van der Waals surface area contributed by atoms with E-state index in [-0.39, 0.29) is 30.6 Å². The summed E-state index contributed by atoms with van der Waals surface area (Å²) < 4.78 is 27.9. The standard InChI is InChI=1S/C18H18F2N4O/c1-12(13-4-8-21-9-5-13)23-16(25)6-10-24-15(17(19)20)11-14-3-2-7-22-18(14)24/h2-5,7-9,11-12,17H,6,10H2,1H3,(H,23,25)/t12-/m1/s1. The highest BCUT2D eigenvalue weighted by Gasteiger charge is 2.18. The number of aryl methyl sites for hydroxylation is 1. The molecule has 0 aliphatic carbocycles. The van der Waals surface area contributed by atoms with Gasteiger partial charge < -0.3 is 9.88 Å². The summed E-state index contributed by atoms with van der Waals surface area (Å²) in [6.07, 6.45) is 2.34. The van der Waals surface area contributed by atoms with Crippen LogP contribution in [0.2, 0.25) is 0 Å². The molecule has 1 amide bonds. The van der Waals surface area contributed by atoms with Crippen LogP contribution in [0.4, 0.5) is 8.78 Å². The molecule has 0 fully saturated rings. The van der Waals surface area contributed by atoms with Crippen molar-refractivity contribution in [3.05, 3.63) is 60.2 Å². The van der Waals surface area contributed by atoms with Gasteiger partial charge in [0.05, 0.1) is 11.7 Å². The number of carbonyl (C=O) groups excluding carboxylic acids is 1. The van der Waals surface area contributed by atoms with Gasteiger partial charge in [-0.25, -0.2) is 13.8 Å².